The summed E-state index contributed by atoms with van der Waals surface area (Å²) in [5.41, 5.74) is 9.85. The molecule has 0 saturated heterocycles. The van der Waals surface area contributed by atoms with Crippen LogP contribution in [0.1, 0.15) is 80.8 Å². The molecule has 3 N–H and O–H groups in total. The van der Waals surface area contributed by atoms with Crippen LogP contribution in [0, 0.1) is 25.7 Å². The van der Waals surface area contributed by atoms with Crippen LogP contribution in [0.15, 0.2) is 36.7 Å². The van der Waals surface area contributed by atoms with Crippen LogP contribution in [0.3, 0.4) is 0 Å². The summed E-state index contributed by atoms with van der Waals surface area (Å²) in [7, 11) is 1.64. The van der Waals surface area contributed by atoms with E-state index < -0.39 is 23.7 Å². The van der Waals surface area contributed by atoms with Crippen LogP contribution >= 0.6 is 11.6 Å². The quantitative estimate of drug-likeness (QED) is 0.110. The number of pyridine rings is 1. The first-order valence-electron chi connectivity index (χ1n) is 16.6. The zero-order valence-electron chi connectivity index (χ0n) is 29.3. The van der Waals surface area contributed by atoms with Gasteiger partial charge in [-0.15, -0.1) is 0 Å². The molecule has 3 aromatic heterocycles. The normalized spacial score (nSPS) is 13.7. The van der Waals surface area contributed by atoms with E-state index in [1.54, 1.807) is 46.2 Å². The molecular formula is C37H43ClN6O6. The average Bonchev–Trinajstić information content (AvgIpc) is 3.68. The van der Waals surface area contributed by atoms with E-state index in [0.29, 0.717) is 28.9 Å². The Morgan fingerprint density at radius 2 is 1.84 bits per heavy atom. The van der Waals surface area contributed by atoms with Crippen molar-refractivity contribution in [1.29, 1.82) is 0 Å². The van der Waals surface area contributed by atoms with Crippen LogP contribution in [0.4, 0.5) is 10.7 Å². The van der Waals surface area contributed by atoms with Gasteiger partial charge in [0.25, 0.3) is 0 Å². The van der Waals surface area contributed by atoms with E-state index in [9.17, 15) is 9.59 Å². The molecule has 1 saturated carbocycles. The monoisotopic (exact) mass is 702 g/mol. The highest BCUT2D eigenvalue weighted by Gasteiger charge is 2.29. The molecule has 1 aliphatic carbocycles. The number of amides is 1. The number of nitrogen functional groups attached to an aromatic ring is 1. The van der Waals surface area contributed by atoms with E-state index in [1.165, 1.54) is 0 Å². The molecule has 5 rings (SSSR count). The number of carbonyl (C=O) groups is 2. The first-order valence-corrected chi connectivity index (χ1v) is 16.9. The number of esters is 1. The summed E-state index contributed by atoms with van der Waals surface area (Å²) >= 11 is 6.55. The standard InChI is InChI=1S/C37H43ClN6O6/c1-22-19-40-29(23(2)31(22)47-6)21-44-20-25(30-32(38)42-35(39)43-33(30)44)14-11-24-12-15-26(16-13-24)48-18-17-28(41-36(46)50-37(3,4)5)34(45)49-27-9-7-8-10-27/h12-13,15-16,19-20,27-28H,7-10,17-18,21H2,1-6H3,(H,41,46)(H2,39,42,43). The highest BCUT2D eigenvalue weighted by atomic mass is 35.5. The zero-order chi connectivity index (χ0) is 36.0. The van der Waals surface area contributed by atoms with Crippen molar-refractivity contribution in [3.05, 3.63) is 69.8 Å². The van der Waals surface area contributed by atoms with Gasteiger partial charge in [0.1, 0.15) is 40.0 Å². The summed E-state index contributed by atoms with van der Waals surface area (Å²) in [5.74, 6) is 7.31. The number of hydrogen-bond donors (Lipinski definition) is 2. The van der Waals surface area contributed by atoms with Crippen LogP contribution < -0.4 is 20.5 Å². The van der Waals surface area contributed by atoms with Gasteiger partial charge in [0.05, 0.1) is 36.9 Å². The van der Waals surface area contributed by atoms with Crippen LogP contribution in [0.5, 0.6) is 11.5 Å². The van der Waals surface area contributed by atoms with E-state index in [4.69, 9.17) is 36.3 Å². The molecule has 50 heavy (non-hydrogen) atoms. The second kappa shape index (κ2) is 15.7. The third kappa shape index (κ3) is 9.15. The maximum atomic E-state index is 12.9. The molecule has 12 nitrogen and oxygen atoms in total. The Hall–Kier alpha value is -5.02. The Morgan fingerprint density at radius 3 is 2.52 bits per heavy atom. The van der Waals surface area contributed by atoms with Crippen LogP contribution in [-0.4, -0.2) is 63.0 Å². The predicted octanol–water partition coefficient (Wildman–Crippen LogP) is 6.28. The summed E-state index contributed by atoms with van der Waals surface area (Å²) in [5, 5.41) is 3.44. The van der Waals surface area contributed by atoms with Gasteiger partial charge in [-0.2, -0.15) is 4.98 Å². The van der Waals surface area contributed by atoms with Crippen molar-refractivity contribution in [2.45, 2.75) is 91.0 Å². The minimum Gasteiger partial charge on any atom is -0.496 e. The lowest BCUT2D eigenvalue weighted by Crippen LogP contribution is -2.45. The predicted molar refractivity (Wildman–Crippen MR) is 190 cm³/mol. The third-order valence-electron chi connectivity index (χ3n) is 8.19. The molecule has 0 spiro atoms. The first kappa shape index (κ1) is 36.3. The van der Waals surface area contributed by atoms with Crippen LogP contribution in [0.2, 0.25) is 5.15 Å². The van der Waals surface area contributed by atoms with Crippen molar-refractivity contribution in [2.75, 3.05) is 19.5 Å². The third-order valence-corrected chi connectivity index (χ3v) is 8.46. The fourth-order valence-electron chi connectivity index (χ4n) is 5.79. The van der Waals surface area contributed by atoms with Gasteiger partial charge < -0.3 is 34.6 Å². The van der Waals surface area contributed by atoms with Crippen molar-refractivity contribution < 1.29 is 28.5 Å². The maximum Gasteiger partial charge on any atom is 0.408 e. The highest BCUT2D eigenvalue weighted by Crippen LogP contribution is 2.30. The molecule has 3 heterocycles. The second-order valence-corrected chi connectivity index (χ2v) is 13.6. The summed E-state index contributed by atoms with van der Waals surface area (Å²) in [4.78, 5) is 38.6. The van der Waals surface area contributed by atoms with Gasteiger partial charge in [0.15, 0.2) is 0 Å². The van der Waals surface area contributed by atoms with E-state index in [2.05, 4.69) is 32.1 Å². The molecule has 0 bridgehead atoms. The number of benzene rings is 1. The molecule has 0 aliphatic heterocycles. The Labute approximate surface area is 297 Å². The molecule has 13 heteroatoms. The summed E-state index contributed by atoms with van der Waals surface area (Å²) < 4.78 is 24.4. The Bertz CT molecular complexity index is 1920. The second-order valence-electron chi connectivity index (χ2n) is 13.2. The van der Waals surface area contributed by atoms with E-state index in [-0.39, 0.29) is 30.2 Å². The zero-order valence-corrected chi connectivity index (χ0v) is 30.0. The topological polar surface area (TPSA) is 153 Å². The van der Waals surface area contributed by atoms with Crippen LogP contribution in [0.25, 0.3) is 11.0 Å². The lowest BCUT2D eigenvalue weighted by atomic mass is 10.1. The minimum absolute atomic E-state index is 0.0563. The number of fused-ring (bicyclic) bond motifs is 1. The van der Waals surface area contributed by atoms with Gasteiger partial charge in [-0.05, 0) is 84.6 Å². The van der Waals surface area contributed by atoms with Gasteiger partial charge in [0, 0.05) is 35.5 Å². The van der Waals surface area contributed by atoms with E-state index >= 15 is 0 Å². The van der Waals surface area contributed by atoms with Crippen molar-refractivity contribution in [3.8, 4) is 23.3 Å². The molecule has 1 aromatic carbocycles. The Kier molecular flexibility index (Phi) is 11.4. The number of nitrogens with one attached hydrogen (secondary N) is 1. The lowest BCUT2D eigenvalue weighted by molar-refractivity contribution is -0.151. The van der Waals surface area contributed by atoms with E-state index in [1.807, 2.05) is 36.7 Å². The van der Waals surface area contributed by atoms with Crippen molar-refractivity contribution >= 4 is 40.6 Å². The van der Waals surface area contributed by atoms with Gasteiger partial charge in [-0.3, -0.25) is 4.98 Å². The van der Waals surface area contributed by atoms with Crippen LogP contribution in [-0.2, 0) is 20.8 Å². The number of carbonyl (C=O) groups excluding carboxylic acids is 2. The fourth-order valence-corrected chi connectivity index (χ4v) is 6.06. The number of aryl methyl sites for hydroxylation is 1. The molecule has 1 aliphatic rings. The number of aromatic nitrogens is 4. The number of anilines is 1. The first-order chi connectivity index (χ1) is 23.8. The molecule has 1 fully saturated rings. The number of ether oxygens (including phenoxy) is 4. The lowest BCUT2D eigenvalue weighted by Gasteiger charge is -2.24. The molecular weight excluding hydrogens is 660 g/mol. The number of rotatable bonds is 10. The molecule has 264 valence electrons. The maximum absolute atomic E-state index is 12.9. The van der Waals surface area contributed by atoms with Crippen molar-refractivity contribution in [1.82, 2.24) is 24.8 Å². The highest BCUT2D eigenvalue weighted by molar-refractivity contribution is 6.34. The molecule has 4 aromatic rings. The summed E-state index contributed by atoms with van der Waals surface area (Å²) in [6.45, 7) is 9.75. The molecule has 1 unspecified atom stereocenters. The molecule has 0 radical (unpaired) electrons. The average molecular weight is 703 g/mol. The van der Waals surface area contributed by atoms with Crippen molar-refractivity contribution in [3.63, 3.8) is 0 Å². The van der Waals surface area contributed by atoms with Gasteiger partial charge >= 0.3 is 12.1 Å². The largest absolute Gasteiger partial charge is 0.496 e. The Balaban J connectivity index is 1.28. The summed E-state index contributed by atoms with van der Waals surface area (Å²) in [6.07, 6.45) is 6.73. The molecule has 1 atom stereocenters. The number of halogens is 1. The molecule has 1 amide bonds. The summed E-state index contributed by atoms with van der Waals surface area (Å²) in [6, 6.07) is 6.33. The van der Waals surface area contributed by atoms with Gasteiger partial charge in [0.2, 0.25) is 5.95 Å². The number of nitrogens with zero attached hydrogens (tertiary/aromatic N) is 4. The number of hydrogen-bond acceptors (Lipinski definition) is 10. The fraction of sp³-hybridized carbons (Fsp3) is 0.432. The van der Waals surface area contributed by atoms with Gasteiger partial charge in [-0.25, -0.2) is 14.6 Å². The number of alkyl carbamates (subject to hydrolysis) is 1. The SMILES string of the molecule is COc1c(C)cnc(Cn2cc(C#Cc3ccc(OCCC(NC(=O)OC(C)(C)C)C(=O)OC4CCCC4)cc3)c3c(Cl)nc(N)nc32)c1C. The number of methoxy groups -OCH3 is 1. The van der Waals surface area contributed by atoms with Gasteiger partial charge in [-0.1, -0.05) is 23.4 Å². The van der Waals surface area contributed by atoms with Crippen molar-refractivity contribution in [2.24, 2.45) is 0 Å². The van der Waals surface area contributed by atoms with E-state index in [0.717, 1.165) is 53.8 Å². The smallest absolute Gasteiger partial charge is 0.408 e. The minimum atomic E-state index is -0.906. The Morgan fingerprint density at radius 1 is 1.12 bits per heavy atom. The number of nitrogens with two attached hydrogens (primary N) is 1.